The van der Waals surface area contributed by atoms with Gasteiger partial charge in [0.25, 0.3) is 0 Å². The van der Waals surface area contributed by atoms with Gasteiger partial charge in [0.05, 0.1) is 5.56 Å². The molecule has 2 rings (SSSR count). The average molecular weight is 248 g/mol. The summed E-state index contributed by atoms with van der Waals surface area (Å²) >= 11 is 0. The second kappa shape index (κ2) is 5.50. The number of hydrogen-bond donors (Lipinski definition) is 1. The van der Waals surface area contributed by atoms with E-state index in [1.54, 1.807) is 6.92 Å². The van der Waals surface area contributed by atoms with Crippen LogP contribution in [0.2, 0.25) is 0 Å². The number of hydrogen-bond acceptors (Lipinski definition) is 1. The minimum Gasteiger partial charge on any atom is -0.505 e. The van der Waals surface area contributed by atoms with Gasteiger partial charge in [0.1, 0.15) is 5.82 Å². The minimum absolute atomic E-state index is 0.0221. The zero-order valence-corrected chi connectivity index (χ0v) is 10.5. The van der Waals surface area contributed by atoms with Gasteiger partial charge >= 0.3 is 0 Å². The molecule has 2 aromatic rings. The van der Waals surface area contributed by atoms with Crippen LogP contribution in [0.3, 0.4) is 0 Å². The quantitative estimate of drug-likeness (QED) is 0.695. The highest BCUT2D eigenvalue weighted by Gasteiger charge is 2.14. The van der Waals surface area contributed by atoms with E-state index in [1.807, 2.05) is 13.8 Å². The van der Waals surface area contributed by atoms with Gasteiger partial charge in [-0.25, -0.2) is 8.78 Å². The molecule has 18 heavy (non-hydrogen) atoms. The maximum Gasteiger partial charge on any atom is 0.172 e. The number of terminal acetylenes is 1. The maximum absolute atomic E-state index is 13.6. The average Bonchev–Trinajstić information content (AvgIpc) is 2.38. The van der Waals surface area contributed by atoms with Gasteiger partial charge in [-0.05, 0) is 30.7 Å². The van der Waals surface area contributed by atoms with Crippen LogP contribution in [0.5, 0.6) is 5.75 Å². The van der Waals surface area contributed by atoms with E-state index in [0.29, 0.717) is 10.9 Å². The molecule has 0 aromatic heterocycles. The molecule has 1 nitrogen and oxygen atoms in total. The fourth-order valence-corrected chi connectivity index (χ4v) is 1.79. The summed E-state index contributed by atoms with van der Waals surface area (Å²) in [7, 11) is 0. The number of phenols is 1. The van der Waals surface area contributed by atoms with Crippen LogP contribution < -0.4 is 0 Å². The highest BCUT2D eigenvalue weighted by atomic mass is 19.1. The van der Waals surface area contributed by atoms with E-state index in [1.165, 1.54) is 12.1 Å². The molecule has 1 N–H and O–H groups in total. The standard InChI is InChI=1S/C13H8F2O.C2H6/c1-3-8-10(14)5-4-9-12(8)7(2)6-11(16)13(9)15;1-2/h1,4-6,16H,2H3;1-2H3. The van der Waals surface area contributed by atoms with E-state index in [4.69, 9.17) is 6.42 Å². The van der Waals surface area contributed by atoms with Crippen molar-refractivity contribution in [1.29, 1.82) is 0 Å². The van der Waals surface area contributed by atoms with Crippen LogP contribution in [-0.4, -0.2) is 5.11 Å². The summed E-state index contributed by atoms with van der Waals surface area (Å²) in [4.78, 5) is 0. The number of fused-ring (bicyclic) bond motifs is 1. The molecule has 0 spiro atoms. The van der Waals surface area contributed by atoms with Gasteiger partial charge in [-0.1, -0.05) is 19.8 Å². The molecule has 0 aliphatic rings. The van der Waals surface area contributed by atoms with E-state index in [0.717, 1.165) is 6.07 Å². The predicted octanol–water partition coefficient (Wildman–Crippen LogP) is 4.14. The van der Waals surface area contributed by atoms with Crippen molar-refractivity contribution >= 4 is 10.8 Å². The topological polar surface area (TPSA) is 20.2 Å². The van der Waals surface area contributed by atoms with Crippen LogP contribution in [0.4, 0.5) is 8.78 Å². The van der Waals surface area contributed by atoms with Crippen molar-refractivity contribution in [2.24, 2.45) is 0 Å². The number of benzene rings is 2. The monoisotopic (exact) mass is 248 g/mol. The zero-order chi connectivity index (χ0) is 13.9. The number of aromatic hydroxyl groups is 1. The molecule has 0 saturated heterocycles. The Balaban J connectivity index is 0.000000771. The summed E-state index contributed by atoms with van der Waals surface area (Å²) in [6.07, 6.45) is 5.20. The van der Waals surface area contributed by atoms with Gasteiger partial charge in [0.15, 0.2) is 11.6 Å². The van der Waals surface area contributed by atoms with Crippen molar-refractivity contribution in [2.75, 3.05) is 0 Å². The molecule has 0 unspecified atom stereocenters. The second-order valence-electron chi connectivity index (χ2n) is 3.52. The molecule has 0 amide bonds. The Morgan fingerprint density at radius 2 is 1.83 bits per heavy atom. The van der Waals surface area contributed by atoms with Crippen LogP contribution in [0, 0.1) is 30.9 Å². The summed E-state index contributed by atoms with van der Waals surface area (Å²) in [5, 5.41) is 9.77. The van der Waals surface area contributed by atoms with Crippen LogP contribution in [-0.2, 0) is 0 Å². The molecular formula is C15H14F2O. The lowest BCUT2D eigenvalue weighted by molar-refractivity contribution is 0.435. The molecule has 2 aromatic carbocycles. The molecule has 0 bridgehead atoms. The van der Waals surface area contributed by atoms with Crippen molar-refractivity contribution in [2.45, 2.75) is 20.8 Å². The van der Waals surface area contributed by atoms with Gasteiger partial charge in [-0.15, -0.1) is 6.42 Å². The Morgan fingerprint density at radius 3 is 2.39 bits per heavy atom. The Bertz CT molecular complexity index is 625. The van der Waals surface area contributed by atoms with E-state index in [9.17, 15) is 13.9 Å². The van der Waals surface area contributed by atoms with Gasteiger partial charge in [0.2, 0.25) is 0 Å². The smallest absolute Gasteiger partial charge is 0.172 e. The van der Waals surface area contributed by atoms with E-state index < -0.39 is 17.4 Å². The van der Waals surface area contributed by atoms with Crippen molar-refractivity contribution in [3.8, 4) is 18.1 Å². The van der Waals surface area contributed by atoms with Gasteiger partial charge in [-0.3, -0.25) is 0 Å². The molecule has 0 radical (unpaired) electrons. The van der Waals surface area contributed by atoms with Crippen LogP contribution >= 0.6 is 0 Å². The molecule has 3 heteroatoms. The lowest BCUT2D eigenvalue weighted by Gasteiger charge is -2.08. The molecule has 0 saturated carbocycles. The molecule has 94 valence electrons. The minimum atomic E-state index is -0.780. The normalized spacial score (nSPS) is 9.56. The first kappa shape index (κ1) is 14.0. The molecular weight excluding hydrogens is 234 g/mol. The lowest BCUT2D eigenvalue weighted by atomic mass is 9.99. The number of halogens is 2. The number of phenolic OH excluding ortho intramolecular Hbond substituents is 1. The first-order valence-electron chi connectivity index (χ1n) is 5.63. The predicted molar refractivity (Wildman–Crippen MR) is 69.5 cm³/mol. The lowest BCUT2D eigenvalue weighted by Crippen LogP contribution is -1.92. The third-order valence-electron chi connectivity index (χ3n) is 2.51. The molecule has 0 aliphatic heterocycles. The van der Waals surface area contributed by atoms with E-state index in [2.05, 4.69) is 5.92 Å². The third-order valence-corrected chi connectivity index (χ3v) is 2.51. The fourth-order valence-electron chi connectivity index (χ4n) is 1.79. The number of rotatable bonds is 0. The van der Waals surface area contributed by atoms with Crippen LogP contribution in [0.25, 0.3) is 10.8 Å². The molecule has 0 atom stereocenters. The summed E-state index contributed by atoms with van der Waals surface area (Å²) < 4.78 is 27.0. The highest BCUT2D eigenvalue weighted by molar-refractivity contribution is 5.92. The van der Waals surface area contributed by atoms with E-state index in [-0.39, 0.29) is 10.9 Å². The first-order valence-corrected chi connectivity index (χ1v) is 5.63. The summed E-state index contributed by atoms with van der Waals surface area (Å²) in [6, 6.07) is 3.60. The van der Waals surface area contributed by atoms with Crippen molar-refractivity contribution in [3.05, 3.63) is 41.0 Å². The van der Waals surface area contributed by atoms with Crippen LogP contribution in [0.1, 0.15) is 25.0 Å². The third kappa shape index (κ3) is 2.14. The molecule has 0 aliphatic carbocycles. The zero-order valence-electron chi connectivity index (χ0n) is 10.5. The molecule has 0 heterocycles. The van der Waals surface area contributed by atoms with Crippen molar-refractivity contribution in [1.82, 2.24) is 0 Å². The molecule has 0 fully saturated rings. The Labute approximate surface area is 105 Å². The fraction of sp³-hybridized carbons (Fsp3) is 0.200. The van der Waals surface area contributed by atoms with E-state index >= 15 is 0 Å². The Morgan fingerprint density at radius 1 is 1.22 bits per heavy atom. The maximum atomic E-state index is 13.6. The summed E-state index contributed by atoms with van der Waals surface area (Å²) in [5.41, 5.74) is 0.565. The second-order valence-corrected chi connectivity index (χ2v) is 3.52. The van der Waals surface area contributed by atoms with Gasteiger partial charge in [-0.2, -0.15) is 0 Å². The highest BCUT2D eigenvalue weighted by Crippen LogP contribution is 2.31. The largest absolute Gasteiger partial charge is 0.505 e. The van der Waals surface area contributed by atoms with Crippen LogP contribution in [0.15, 0.2) is 18.2 Å². The summed E-state index contributed by atoms with van der Waals surface area (Å²) in [6.45, 7) is 5.64. The SMILES string of the molecule is C#Cc1c(F)ccc2c(F)c(O)cc(C)c12.CC. The Hall–Kier alpha value is -2.08. The van der Waals surface area contributed by atoms with Crippen molar-refractivity contribution < 1.29 is 13.9 Å². The van der Waals surface area contributed by atoms with Crippen molar-refractivity contribution in [3.63, 3.8) is 0 Å². The van der Waals surface area contributed by atoms with Gasteiger partial charge in [0, 0.05) is 10.8 Å². The first-order chi connectivity index (χ1) is 8.56. The number of aryl methyl sites for hydroxylation is 1. The van der Waals surface area contributed by atoms with Gasteiger partial charge < -0.3 is 5.11 Å². The summed E-state index contributed by atoms with van der Waals surface area (Å²) in [5.74, 6) is 0.397. The Kier molecular flexibility index (Phi) is 4.28.